The van der Waals surface area contributed by atoms with Crippen molar-refractivity contribution in [3.8, 4) is 0 Å². The maximum atomic E-state index is 11.6. The largest absolute Gasteiger partial charge is 0.420 e. The summed E-state index contributed by atoms with van der Waals surface area (Å²) < 4.78 is 6.62. The number of rotatable bonds is 3. The Morgan fingerprint density at radius 3 is 2.88 bits per heavy atom. The van der Waals surface area contributed by atoms with Crippen molar-refractivity contribution < 1.29 is 9.21 Å². The van der Waals surface area contributed by atoms with E-state index in [-0.39, 0.29) is 11.9 Å². The van der Waals surface area contributed by atoms with Crippen LogP contribution in [-0.4, -0.2) is 16.5 Å². The van der Waals surface area contributed by atoms with Gasteiger partial charge in [-0.25, -0.2) is 4.79 Å². The van der Waals surface area contributed by atoms with Crippen LogP contribution in [0.5, 0.6) is 0 Å². The predicted octanol–water partition coefficient (Wildman–Crippen LogP) is 1.12. The molecule has 0 saturated heterocycles. The molecule has 5 heteroatoms. The number of benzene rings is 1. The van der Waals surface area contributed by atoms with Gasteiger partial charge in [0.2, 0.25) is 5.91 Å². The fourth-order valence-corrected chi connectivity index (χ4v) is 1.85. The van der Waals surface area contributed by atoms with Crippen LogP contribution in [0.15, 0.2) is 33.5 Å². The van der Waals surface area contributed by atoms with E-state index < -0.39 is 5.76 Å². The van der Waals surface area contributed by atoms with E-state index in [0.29, 0.717) is 12.1 Å². The Labute approximate surface area is 98.0 Å². The highest BCUT2D eigenvalue weighted by atomic mass is 16.4. The number of amides is 1. The van der Waals surface area contributed by atoms with Gasteiger partial charge in [-0.3, -0.25) is 9.36 Å². The van der Waals surface area contributed by atoms with Gasteiger partial charge in [-0.15, -0.1) is 0 Å². The molecule has 17 heavy (non-hydrogen) atoms. The van der Waals surface area contributed by atoms with Crippen LogP contribution in [0.1, 0.15) is 13.8 Å². The second-order valence-electron chi connectivity index (χ2n) is 4.05. The van der Waals surface area contributed by atoms with Gasteiger partial charge < -0.3 is 9.73 Å². The smallest absolute Gasteiger partial charge is 0.408 e. The lowest BCUT2D eigenvalue weighted by Gasteiger charge is -2.12. The Hall–Kier alpha value is -2.04. The van der Waals surface area contributed by atoms with Gasteiger partial charge in [0, 0.05) is 19.5 Å². The van der Waals surface area contributed by atoms with Crippen molar-refractivity contribution in [3.63, 3.8) is 0 Å². The van der Waals surface area contributed by atoms with Crippen LogP contribution in [0.2, 0.25) is 0 Å². The summed E-state index contributed by atoms with van der Waals surface area (Å²) in [5.74, 6) is -0.512. The zero-order chi connectivity index (χ0) is 12.4. The average molecular weight is 234 g/mol. The topological polar surface area (TPSA) is 64.2 Å². The first-order valence-electron chi connectivity index (χ1n) is 5.43. The fourth-order valence-electron chi connectivity index (χ4n) is 1.85. The Bertz CT molecular complexity index is 597. The molecule has 1 N–H and O–H groups in total. The van der Waals surface area contributed by atoms with E-state index in [4.69, 9.17) is 4.42 Å². The number of aromatic nitrogens is 1. The zero-order valence-corrected chi connectivity index (χ0v) is 9.77. The summed E-state index contributed by atoms with van der Waals surface area (Å²) in [7, 11) is 0. The summed E-state index contributed by atoms with van der Waals surface area (Å²) in [6.07, 6.45) is 0. The van der Waals surface area contributed by atoms with Crippen LogP contribution < -0.4 is 11.1 Å². The molecule has 2 rings (SSSR count). The van der Waals surface area contributed by atoms with E-state index >= 15 is 0 Å². The summed E-state index contributed by atoms with van der Waals surface area (Å²) in [5, 5.41) is 2.73. The Balaban J connectivity index is 2.32. The molecule has 0 aliphatic heterocycles. The van der Waals surface area contributed by atoms with Crippen molar-refractivity contribution in [2.24, 2.45) is 0 Å². The van der Waals surface area contributed by atoms with Gasteiger partial charge in [-0.2, -0.15) is 0 Å². The molecule has 90 valence electrons. The van der Waals surface area contributed by atoms with Crippen LogP contribution in [-0.2, 0) is 11.3 Å². The highest BCUT2D eigenvalue weighted by Gasteiger charge is 2.11. The minimum Gasteiger partial charge on any atom is -0.408 e. The molecule has 2 aromatic rings. The van der Waals surface area contributed by atoms with Crippen molar-refractivity contribution in [3.05, 3.63) is 34.8 Å². The molecule has 1 aromatic carbocycles. The number of nitrogens with one attached hydrogen (secondary N) is 1. The van der Waals surface area contributed by atoms with Crippen molar-refractivity contribution in [2.45, 2.75) is 26.4 Å². The molecule has 1 heterocycles. The number of nitrogens with zero attached hydrogens (tertiary/aromatic N) is 1. The molecule has 0 fully saturated rings. The van der Waals surface area contributed by atoms with E-state index in [1.165, 1.54) is 11.5 Å². The summed E-state index contributed by atoms with van der Waals surface area (Å²) in [4.78, 5) is 22.6. The first-order valence-corrected chi connectivity index (χ1v) is 5.43. The van der Waals surface area contributed by atoms with Crippen LogP contribution in [0, 0.1) is 0 Å². The van der Waals surface area contributed by atoms with Crippen molar-refractivity contribution in [2.75, 3.05) is 0 Å². The fraction of sp³-hybridized carbons (Fsp3) is 0.333. The maximum Gasteiger partial charge on any atom is 0.420 e. The van der Waals surface area contributed by atoms with Crippen molar-refractivity contribution in [1.29, 1.82) is 0 Å². The Morgan fingerprint density at radius 2 is 2.18 bits per heavy atom. The highest BCUT2D eigenvalue weighted by molar-refractivity contribution is 5.73. The maximum absolute atomic E-state index is 11.6. The number of hydrogen-bond acceptors (Lipinski definition) is 3. The molecule has 0 saturated carbocycles. The number of hydrogen-bond donors (Lipinski definition) is 1. The number of oxazole rings is 1. The van der Waals surface area contributed by atoms with Gasteiger partial charge in [0.25, 0.3) is 0 Å². The van der Waals surface area contributed by atoms with Crippen LogP contribution >= 0.6 is 0 Å². The lowest BCUT2D eigenvalue weighted by atomic mass is 10.3. The van der Waals surface area contributed by atoms with E-state index in [9.17, 15) is 9.59 Å². The van der Waals surface area contributed by atoms with Gasteiger partial charge in [0.05, 0.1) is 5.52 Å². The summed E-state index contributed by atoms with van der Waals surface area (Å²) in [6, 6.07) is 7.10. The van der Waals surface area contributed by atoms with E-state index in [2.05, 4.69) is 5.32 Å². The Morgan fingerprint density at radius 1 is 1.47 bits per heavy atom. The first-order chi connectivity index (χ1) is 8.08. The number of para-hydroxylation sites is 2. The quantitative estimate of drug-likeness (QED) is 0.865. The van der Waals surface area contributed by atoms with E-state index in [0.717, 1.165) is 5.52 Å². The third-order valence-corrected chi connectivity index (χ3v) is 2.48. The van der Waals surface area contributed by atoms with Gasteiger partial charge in [0.1, 0.15) is 0 Å². The van der Waals surface area contributed by atoms with E-state index in [1.807, 2.05) is 25.1 Å². The monoisotopic (exact) mass is 234 g/mol. The minimum absolute atomic E-state index is 0.113. The molecular weight excluding hydrogens is 220 g/mol. The number of carbonyl (C=O) groups is 1. The lowest BCUT2D eigenvalue weighted by Crippen LogP contribution is -2.35. The number of fused-ring (bicyclic) bond motifs is 1. The predicted molar refractivity (Wildman–Crippen MR) is 63.8 cm³/mol. The normalized spacial score (nSPS) is 12.6. The van der Waals surface area contributed by atoms with Crippen LogP contribution in [0.3, 0.4) is 0 Å². The molecule has 0 aliphatic carbocycles. The summed E-state index contributed by atoms with van der Waals surface area (Å²) in [6.45, 7) is 3.69. The third-order valence-electron chi connectivity index (χ3n) is 2.48. The first kappa shape index (κ1) is 11.4. The molecule has 0 bridgehead atoms. The molecule has 0 spiro atoms. The van der Waals surface area contributed by atoms with Gasteiger partial charge in [0.15, 0.2) is 5.58 Å². The number of carbonyl (C=O) groups excluding carboxylic acids is 1. The van der Waals surface area contributed by atoms with Crippen LogP contribution in [0.25, 0.3) is 11.1 Å². The molecule has 5 nitrogen and oxygen atoms in total. The third kappa shape index (κ3) is 2.38. The molecule has 0 aliphatic rings. The molecular formula is C12H14N2O3. The van der Waals surface area contributed by atoms with Gasteiger partial charge >= 0.3 is 5.76 Å². The van der Waals surface area contributed by atoms with Crippen LogP contribution in [0.4, 0.5) is 0 Å². The molecule has 0 unspecified atom stereocenters. The zero-order valence-electron chi connectivity index (χ0n) is 9.77. The molecule has 1 amide bonds. The summed E-state index contributed by atoms with van der Waals surface area (Å²) >= 11 is 0. The minimum atomic E-state index is -0.400. The van der Waals surface area contributed by atoms with E-state index in [1.54, 1.807) is 6.07 Å². The van der Waals surface area contributed by atoms with Crippen molar-refractivity contribution >= 4 is 17.0 Å². The van der Waals surface area contributed by atoms with Gasteiger partial charge in [-0.1, -0.05) is 12.1 Å². The second kappa shape index (κ2) is 4.45. The SMILES string of the molecule is CC(=O)N[C@H](C)Cn1c(=O)oc2ccccc21. The molecule has 1 atom stereocenters. The Kier molecular flexibility index (Phi) is 2.99. The average Bonchev–Trinajstić information content (AvgIpc) is 2.55. The second-order valence-corrected chi connectivity index (χ2v) is 4.05. The molecule has 1 aromatic heterocycles. The highest BCUT2D eigenvalue weighted by Crippen LogP contribution is 2.11. The standard InChI is InChI=1S/C12H14N2O3/c1-8(13-9(2)15)7-14-10-5-3-4-6-11(10)17-12(14)16/h3-6,8H,7H2,1-2H3,(H,13,15)/t8-/m1/s1. The molecule has 0 radical (unpaired) electrons. The van der Waals surface area contributed by atoms with Gasteiger partial charge in [-0.05, 0) is 19.1 Å². The lowest BCUT2D eigenvalue weighted by molar-refractivity contribution is -0.119. The summed E-state index contributed by atoms with van der Waals surface area (Å²) in [5.41, 5.74) is 1.31. The van der Waals surface area contributed by atoms with Crippen molar-refractivity contribution in [1.82, 2.24) is 9.88 Å².